The highest BCUT2D eigenvalue weighted by atomic mass is 16.4. The molecule has 0 aromatic rings. The van der Waals surface area contributed by atoms with Crippen molar-refractivity contribution in [1.29, 1.82) is 0 Å². The molecule has 0 aliphatic carbocycles. The first kappa shape index (κ1) is 10.5. The van der Waals surface area contributed by atoms with E-state index < -0.39 is 0 Å². The fourth-order valence-corrected chi connectivity index (χ4v) is 1.80. The van der Waals surface area contributed by atoms with Crippen LogP contribution >= 0.6 is 0 Å². The number of piperidine rings is 1. The van der Waals surface area contributed by atoms with E-state index in [9.17, 15) is 0 Å². The van der Waals surface area contributed by atoms with Crippen molar-refractivity contribution >= 4 is 6.21 Å². The molecule has 1 aliphatic heterocycles. The summed E-state index contributed by atoms with van der Waals surface area (Å²) in [4.78, 5) is 2.51. The molecule has 3 heteroatoms. The molecule has 76 valence electrons. The standard InChI is InChI=1S/C10H20N2O/c1-2-3-6-12-7-4-10(5-8-12)9-11-13/h9-10,13H,2-8H2,1H3. The Morgan fingerprint density at radius 3 is 2.69 bits per heavy atom. The number of rotatable bonds is 4. The highest BCUT2D eigenvalue weighted by Gasteiger charge is 2.16. The molecule has 0 aromatic carbocycles. The summed E-state index contributed by atoms with van der Waals surface area (Å²) in [6, 6.07) is 0. The Morgan fingerprint density at radius 1 is 1.46 bits per heavy atom. The van der Waals surface area contributed by atoms with Crippen LogP contribution in [0.15, 0.2) is 5.16 Å². The third-order valence-electron chi connectivity index (χ3n) is 2.74. The van der Waals surface area contributed by atoms with Crippen molar-refractivity contribution < 1.29 is 5.21 Å². The van der Waals surface area contributed by atoms with E-state index in [-0.39, 0.29) is 0 Å². The quantitative estimate of drug-likeness (QED) is 0.412. The van der Waals surface area contributed by atoms with Gasteiger partial charge < -0.3 is 10.1 Å². The highest BCUT2D eigenvalue weighted by molar-refractivity contribution is 5.59. The molecule has 1 heterocycles. The van der Waals surface area contributed by atoms with Crippen LogP contribution in [-0.4, -0.2) is 36.0 Å². The Bertz CT molecular complexity index is 151. The topological polar surface area (TPSA) is 35.8 Å². The van der Waals surface area contributed by atoms with Crippen molar-refractivity contribution in [1.82, 2.24) is 4.90 Å². The maximum atomic E-state index is 8.38. The van der Waals surface area contributed by atoms with Gasteiger partial charge in [-0.1, -0.05) is 13.3 Å². The Kier molecular flexibility index (Phi) is 4.83. The molecule has 0 atom stereocenters. The van der Waals surface area contributed by atoms with Crippen LogP contribution in [0.3, 0.4) is 0 Å². The molecule has 1 fully saturated rings. The van der Waals surface area contributed by atoms with Gasteiger partial charge in [0.05, 0.1) is 0 Å². The molecule has 0 aromatic heterocycles. The van der Waals surface area contributed by atoms with E-state index in [1.165, 1.54) is 19.4 Å². The number of hydrogen-bond donors (Lipinski definition) is 1. The lowest BCUT2D eigenvalue weighted by molar-refractivity contribution is 0.206. The van der Waals surface area contributed by atoms with E-state index in [0.29, 0.717) is 5.92 Å². The van der Waals surface area contributed by atoms with Crippen molar-refractivity contribution in [3.8, 4) is 0 Å². The number of nitrogens with zero attached hydrogens (tertiary/aromatic N) is 2. The summed E-state index contributed by atoms with van der Waals surface area (Å²) in [5, 5.41) is 11.5. The Morgan fingerprint density at radius 2 is 2.15 bits per heavy atom. The van der Waals surface area contributed by atoms with Crippen LogP contribution in [-0.2, 0) is 0 Å². The minimum absolute atomic E-state index is 0.503. The van der Waals surface area contributed by atoms with Gasteiger partial charge in [0, 0.05) is 6.21 Å². The molecule has 0 unspecified atom stereocenters. The first-order chi connectivity index (χ1) is 6.36. The van der Waals surface area contributed by atoms with Gasteiger partial charge in [-0.3, -0.25) is 0 Å². The molecule has 0 bridgehead atoms. The van der Waals surface area contributed by atoms with E-state index >= 15 is 0 Å². The molecule has 1 N–H and O–H groups in total. The Hall–Kier alpha value is -0.570. The van der Waals surface area contributed by atoms with Crippen molar-refractivity contribution in [3.05, 3.63) is 0 Å². The summed E-state index contributed by atoms with van der Waals surface area (Å²) in [7, 11) is 0. The van der Waals surface area contributed by atoms with Crippen molar-refractivity contribution in [2.45, 2.75) is 32.6 Å². The van der Waals surface area contributed by atoms with Crippen LogP contribution < -0.4 is 0 Å². The van der Waals surface area contributed by atoms with E-state index in [0.717, 1.165) is 25.9 Å². The molecule has 0 saturated carbocycles. The van der Waals surface area contributed by atoms with Gasteiger partial charge in [0.25, 0.3) is 0 Å². The van der Waals surface area contributed by atoms with Crippen LogP contribution in [0.5, 0.6) is 0 Å². The predicted molar refractivity (Wildman–Crippen MR) is 54.4 cm³/mol. The minimum atomic E-state index is 0.503. The Balaban J connectivity index is 2.15. The van der Waals surface area contributed by atoms with Gasteiger partial charge in [0.15, 0.2) is 0 Å². The van der Waals surface area contributed by atoms with E-state index in [4.69, 9.17) is 5.21 Å². The van der Waals surface area contributed by atoms with Crippen LogP contribution in [0, 0.1) is 5.92 Å². The van der Waals surface area contributed by atoms with Gasteiger partial charge in [-0.25, -0.2) is 0 Å². The molecular weight excluding hydrogens is 164 g/mol. The number of unbranched alkanes of at least 4 members (excludes halogenated alkanes) is 1. The molecule has 0 amide bonds. The fourth-order valence-electron chi connectivity index (χ4n) is 1.80. The summed E-state index contributed by atoms with van der Waals surface area (Å²) in [6.45, 7) is 5.79. The second-order valence-corrected chi connectivity index (χ2v) is 3.80. The monoisotopic (exact) mass is 184 g/mol. The number of oxime groups is 1. The van der Waals surface area contributed by atoms with Crippen LogP contribution in [0.1, 0.15) is 32.6 Å². The van der Waals surface area contributed by atoms with E-state index in [1.54, 1.807) is 6.21 Å². The zero-order valence-corrected chi connectivity index (χ0v) is 8.45. The molecule has 3 nitrogen and oxygen atoms in total. The Labute approximate surface area is 80.4 Å². The van der Waals surface area contributed by atoms with Crippen LogP contribution in [0.2, 0.25) is 0 Å². The van der Waals surface area contributed by atoms with Crippen molar-refractivity contribution in [2.75, 3.05) is 19.6 Å². The lowest BCUT2D eigenvalue weighted by atomic mass is 9.98. The third kappa shape index (κ3) is 3.77. The van der Waals surface area contributed by atoms with Crippen molar-refractivity contribution in [2.24, 2.45) is 11.1 Å². The summed E-state index contributed by atoms with van der Waals surface area (Å²) in [5.74, 6) is 0.503. The van der Waals surface area contributed by atoms with E-state index in [1.807, 2.05) is 0 Å². The summed E-state index contributed by atoms with van der Waals surface area (Å²) >= 11 is 0. The normalized spacial score (nSPS) is 21.3. The zero-order valence-electron chi connectivity index (χ0n) is 8.45. The number of hydrogen-bond acceptors (Lipinski definition) is 3. The van der Waals surface area contributed by atoms with Gasteiger partial charge in [-0.2, -0.15) is 0 Å². The molecular formula is C10H20N2O. The fraction of sp³-hybridized carbons (Fsp3) is 0.900. The van der Waals surface area contributed by atoms with E-state index in [2.05, 4.69) is 17.0 Å². The summed E-state index contributed by atoms with van der Waals surface area (Å²) in [6.07, 6.45) is 6.55. The van der Waals surface area contributed by atoms with Crippen molar-refractivity contribution in [3.63, 3.8) is 0 Å². The number of likely N-dealkylation sites (tertiary alicyclic amines) is 1. The van der Waals surface area contributed by atoms with Gasteiger partial charge >= 0.3 is 0 Å². The maximum absolute atomic E-state index is 8.38. The lowest BCUT2D eigenvalue weighted by Gasteiger charge is -2.29. The van der Waals surface area contributed by atoms with Gasteiger partial charge in [0.1, 0.15) is 0 Å². The van der Waals surface area contributed by atoms with Crippen LogP contribution in [0.25, 0.3) is 0 Å². The molecule has 13 heavy (non-hydrogen) atoms. The van der Waals surface area contributed by atoms with Gasteiger partial charge in [-0.05, 0) is 44.8 Å². The summed E-state index contributed by atoms with van der Waals surface area (Å²) < 4.78 is 0. The first-order valence-corrected chi connectivity index (χ1v) is 5.26. The maximum Gasteiger partial charge on any atom is 0.0467 e. The first-order valence-electron chi connectivity index (χ1n) is 5.26. The largest absolute Gasteiger partial charge is 0.411 e. The third-order valence-corrected chi connectivity index (χ3v) is 2.74. The second-order valence-electron chi connectivity index (χ2n) is 3.80. The van der Waals surface area contributed by atoms with Gasteiger partial charge in [0.2, 0.25) is 0 Å². The zero-order chi connectivity index (χ0) is 9.52. The van der Waals surface area contributed by atoms with Crippen LogP contribution in [0.4, 0.5) is 0 Å². The predicted octanol–water partition coefficient (Wildman–Crippen LogP) is 1.96. The highest BCUT2D eigenvalue weighted by Crippen LogP contribution is 2.15. The minimum Gasteiger partial charge on any atom is -0.411 e. The van der Waals surface area contributed by atoms with Gasteiger partial charge in [-0.15, -0.1) is 5.16 Å². The molecule has 1 rings (SSSR count). The average Bonchev–Trinajstić information content (AvgIpc) is 2.17. The lowest BCUT2D eigenvalue weighted by Crippen LogP contribution is -2.34. The second kappa shape index (κ2) is 5.97. The molecule has 1 aliphatic rings. The smallest absolute Gasteiger partial charge is 0.0467 e. The SMILES string of the molecule is CCCCN1CCC(C=NO)CC1. The molecule has 0 spiro atoms. The summed E-state index contributed by atoms with van der Waals surface area (Å²) in [5.41, 5.74) is 0. The average molecular weight is 184 g/mol. The molecule has 1 saturated heterocycles. The molecule has 0 radical (unpaired) electrons.